The molecule has 0 radical (unpaired) electrons. The van der Waals surface area contributed by atoms with Gasteiger partial charge in [0.05, 0.1) is 11.8 Å². The third kappa shape index (κ3) is 3.75. The summed E-state index contributed by atoms with van der Waals surface area (Å²) in [6.07, 6.45) is 1.72. The van der Waals surface area contributed by atoms with Crippen LogP contribution in [0.2, 0.25) is 0 Å². The van der Waals surface area contributed by atoms with Crippen LogP contribution in [0.4, 0.5) is 5.13 Å². The van der Waals surface area contributed by atoms with Crippen molar-refractivity contribution in [3.63, 3.8) is 0 Å². The molecule has 1 aromatic heterocycles. The molecule has 0 bridgehead atoms. The van der Waals surface area contributed by atoms with Gasteiger partial charge in [-0.1, -0.05) is 0 Å². The molecule has 5 nitrogen and oxygen atoms in total. The second-order valence-electron chi connectivity index (χ2n) is 4.92. The molecule has 2 heterocycles. The van der Waals surface area contributed by atoms with Gasteiger partial charge in [-0.05, 0) is 26.3 Å². The number of hydrogen-bond donors (Lipinski definition) is 1. The Kier molecular flexibility index (Phi) is 4.90. The average Bonchev–Trinajstić information content (AvgIpc) is 2.78. The van der Waals surface area contributed by atoms with Crippen LogP contribution in [0.25, 0.3) is 0 Å². The maximum Gasteiger partial charge on any atom is 0.225 e. The Morgan fingerprint density at radius 2 is 2.47 bits per heavy atom. The van der Waals surface area contributed by atoms with E-state index in [-0.39, 0.29) is 12.0 Å². The standard InChI is InChI=1S/C13H21N3O2S/c1-3-16(10(2)17)13-14-11(9-19-13)7-15-6-4-5-12(18)8-15/h9,12,18H,3-8H2,1-2H3. The highest BCUT2D eigenvalue weighted by molar-refractivity contribution is 7.14. The maximum atomic E-state index is 11.5. The van der Waals surface area contributed by atoms with Crippen LogP contribution in [-0.4, -0.2) is 46.6 Å². The van der Waals surface area contributed by atoms with Crippen LogP contribution in [-0.2, 0) is 11.3 Å². The molecule has 1 saturated heterocycles. The minimum absolute atomic E-state index is 0.0248. The number of aliphatic hydroxyl groups excluding tert-OH is 1. The summed E-state index contributed by atoms with van der Waals surface area (Å²) < 4.78 is 0. The molecular weight excluding hydrogens is 262 g/mol. The Hall–Kier alpha value is -0.980. The van der Waals surface area contributed by atoms with E-state index in [4.69, 9.17) is 0 Å². The van der Waals surface area contributed by atoms with Gasteiger partial charge >= 0.3 is 0 Å². The summed E-state index contributed by atoms with van der Waals surface area (Å²) in [6, 6.07) is 0. The summed E-state index contributed by atoms with van der Waals surface area (Å²) in [5.41, 5.74) is 0.980. The zero-order valence-corrected chi connectivity index (χ0v) is 12.3. The summed E-state index contributed by atoms with van der Waals surface area (Å²) in [7, 11) is 0. The Morgan fingerprint density at radius 1 is 1.68 bits per heavy atom. The SMILES string of the molecule is CCN(C(C)=O)c1nc(CN2CCCC(O)C2)cs1. The molecular formula is C13H21N3O2S. The molecule has 1 amide bonds. The van der Waals surface area contributed by atoms with Crippen molar-refractivity contribution in [3.8, 4) is 0 Å². The van der Waals surface area contributed by atoms with Crippen molar-refractivity contribution < 1.29 is 9.90 Å². The van der Waals surface area contributed by atoms with E-state index in [1.165, 1.54) is 11.3 Å². The van der Waals surface area contributed by atoms with Crippen molar-refractivity contribution in [1.82, 2.24) is 9.88 Å². The number of nitrogens with zero attached hydrogens (tertiary/aromatic N) is 3. The maximum absolute atomic E-state index is 11.5. The number of piperidine rings is 1. The summed E-state index contributed by atoms with van der Waals surface area (Å²) >= 11 is 1.50. The molecule has 0 aliphatic carbocycles. The second-order valence-corrected chi connectivity index (χ2v) is 5.75. The first-order chi connectivity index (χ1) is 9.10. The van der Waals surface area contributed by atoms with Crippen molar-refractivity contribution >= 4 is 22.4 Å². The van der Waals surface area contributed by atoms with Crippen molar-refractivity contribution in [2.75, 3.05) is 24.5 Å². The molecule has 1 aliphatic heterocycles. The second kappa shape index (κ2) is 6.45. The largest absolute Gasteiger partial charge is 0.392 e. The van der Waals surface area contributed by atoms with Gasteiger partial charge < -0.3 is 5.11 Å². The van der Waals surface area contributed by atoms with Gasteiger partial charge in [0.2, 0.25) is 5.91 Å². The lowest BCUT2D eigenvalue weighted by Crippen LogP contribution is -2.37. The van der Waals surface area contributed by atoms with Crippen LogP contribution in [0, 0.1) is 0 Å². The van der Waals surface area contributed by atoms with Gasteiger partial charge in [-0.2, -0.15) is 0 Å². The molecule has 0 spiro atoms. The number of amides is 1. The number of anilines is 1. The number of hydrogen-bond acceptors (Lipinski definition) is 5. The number of rotatable bonds is 4. The van der Waals surface area contributed by atoms with Crippen LogP contribution < -0.4 is 4.90 Å². The number of carbonyl (C=O) groups excluding carboxylic acids is 1. The predicted octanol–water partition coefficient (Wildman–Crippen LogP) is 1.47. The fourth-order valence-electron chi connectivity index (χ4n) is 2.39. The summed E-state index contributed by atoms with van der Waals surface area (Å²) in [6.45, 7) is 6.63. The first kappa shape index (κ1) is 14.4. The fraction of sp³-hybridized carbons (Fsp3) is 0.692. The van der Waals surface area contributed by atoms with E-state index in [9.17, 15) is 9.90 Å². The lowest BCUT2D eigenvalue weighted by Gasteiger charge is -2.29. The number of β-amino-alcohol motifs (C(OH)–C–C–N with tert-alkyl or cyclic N) is 1. The molecule has 2 rings (SSSR count). The van der Waals surface area contributed by atoms with E-state index in [1.807, 2.05) is 12.3 Å². The third-order valence-corrected chi connectivity index (χ3v) is 4.25. The van der Waals surface area contributed by atoms with E-state index in [0.717, 1.165) is 43.3 Å². The Morgan fingerprint density at radius 3 is 3.11 bits per heavy atom. The first-order valence-corrected chi connectivity index (χ1v) is 7.61. The van der Waals surface area contributed by atoms with E-state index < -0.39 is 0 Å². The minimum atomic E-state index is -0.212. The lowest BCUT2D eigenvalue weighted by atomic mass is 10.1. The van der Waals surface area contributed by atoms with Crippen LogP contribution in [0.5, 0.6) is 0 Å². The van der Waals surface area contributed by atoms with Crippen molar-refractivity contribution in [2.24, 2.45) is 0 Å². The van der Waals surface area contributed by atoms with Crippen molar-refractivity contribution in [2.45, 2.75) is 39.3 Å². The molecule has 1 unspecified atom stereocenters. The van der Waals surface area contributed by atoms with Gasteiger partial charge in [0.15, 0.2) is 5.13 Å². The van der Waals surface area contributed by atoms with Gasteiger partial charge in [-0.15, -0.1) is 11.3 Å². The van der Waals surface area contributed by atoms with E-state index >= 15 is 0 Å². The monoisotopic (exact) mass is 283 g/mol. The summed E-state index contributed by atoms with van der Waals surface area (Å²) in [5, 5.41) is 12.4. The first-order valence-electron chi connectivity index (χ1n) is 6.73. The van der Waals surface area contributed by atoms with Crippen LogP contribution in [0.3, 0.4) is 0 Å². The quantitative estimate of drug-likeness (QED) is 0.909. The van der Waals surface area contributed by atoms with Crippen molar-refractivity contribution in [1.29, 1.82) is 0 Å². The van der Waals surface area contributed by atoms with E-state index in [0.29, 0.717) is 6.54 Å². The molecule has 19 heavy (non-hydrogen) atoms. The number of carbonyl (C=O) groups is 1. The zero-order valence-electron chi connectivity index (χ0n) is 11.5. The molecule has 1 atom stereocenters. The number of aliphatic hydroxyl groups is 1. The van der Waals surface area contributed by atoms with E-state index in [2.05, 4.69) is 9.88 Å². The molecule has 1 fully saturated rings. The molecule has 1 N–H and O–H groups in total. The highest BCUT2D eigenvalue weighted by Crippen LogP contribution is 2.22. The van der Waals surface area contributed by atoms with Gasteiger partial charge in [-0.25, -0.2) is 4.98 Å². The van der Waals surface area contributed by atoms with Gasteiger partial charge in [0.25, 0.3) is 0 Å². The van der Waals surface area contributed by atoms with Gasteiger partial charge in [0.1, 0.15) is 0 Å². The van der Waals surface area contributed by atoms with Crippen LogP contribution in [0.1, 0.15) is 32.4 Å². The molecule has 106 valence electrons. The normalized spacial score (nSPS) is 20.5. The third-order valence-electron chi connectivity index (χ3n) is 3.33. The lowest BCUT2D eigenvalue weighted by molar-refractivity contribution is -0.116. The van der Waals surface area contributed by atoms with Crippen molar-refractivity contribution in [3.05, 3.63) is 11.1 Å². The molecule has 1 aliphatic rings. The smallest absolute Gasteiger partial charge is 0.225 e. The highest BCUT2D eigenvalue weighted by atomic mass is 32.1. The summed E-state index contributed by atoms with van der Waals surface area (Å²) in [4.78, 5) is 19.9. The topological polar surface area (TPSA) is 56.7 Å². The Labute approximate surface area is 117 Å². The van der Waals surface area contributed by atoms with Crippen LogP contribution in [0.15, 0.2) is 5.38 Å². The van der Waals surface area contributed by atoms with Crippen LogP contribution >= 0.6 is 11.3 Å². The minimum Gasteiger partial charge on any atom is -0.392 e. The molecule has 6 heteroatoms. The van der Waals surface area contributed by atoms with Gasteiger partial charge in [0, 0.05) is 31.9 Å². The zero-order chi connectivity index (χ0) is 13.8. The predicted molar refractivity (Wildman–Crippen MR) is 76.3 cm³/mol. The molecule has 0 aromatic carbocycles. The van der Waals surface area contributed by atoms with Gasteiger partial charge in [-0.3, -0.25) is 14.6 Å². The average molecular weight is 283 g/mol. The van der Waals surface area contributed by atoms with E-state index in [1.54, 1.807) is 11.8 Å². The Balaban J connectivity index is 1.98. The molecule has 0 saturated carbocycles. The summed E-state index contributed by atoms with van der Waals surface area (Å²) in [5.74, 6) is 0.0248. The Bertz CT molecular complexity index is 435. The fourth-order valence-corrected chi connectivity index (χ4v) is 3.31. The number of aromatic nitrogens is 1. The highest BCUT2D eigenvalue weighted by Gasteiger charge is 2.19. The number of thiazole rings is 1. The number of likely N-dealkylation sites (tertiary alicyclic amines) is 1. The molecule has 1 aromatic rings.